The molecular formula is C12H17F2NO2. The van der Waals surface area contributed by atoms with Crippen molar-refractivity contribution in [3.05, 3.63) is 23.8 Å². The topological polar surface area (TPSA) is 52.3 Å². The molecule has 0 fully saturated rings. The van der Waals surface area contributed by atoms with Crippen LogP contribution in [-0.4, -0.2) is 25.0 Å². The molecule has 0 aliphatic heterocycles. The summed E-state index contributed by atoms with van der Waals surface area (Å²) < 4.78 is 31.5. The molecule has 96 valence electrons. The Morgan fingerprint density at radius 3 is 2.82 bits per heavy atom. The molecule has 0 spiro atoms. The van der Waals surface area contributed by atoms with E-state index in [4.69, 9.17) is 5.73 Å². The first-order chi connectivity index (χ1) is 7.94. The Hall–Kier alpha value is -1.23. The average molecular weight is 245 g/mol. The zero-order chi connectivity index (χ0) is 12.9. The number of carbonyl (C=O) groups is 1. The van der Waals surface area contributed by atoms with Crippen molar-refractivity contribution >= 4 is 5.97 Å². The highest BCUT2D eigenvalue weighted by Gasteiger charge is 2.34. The molecule has 0 bridgehead atoms. The highest BCUT2D eigenvalue weighted by atomic mass is 19.3. The molecule has 0 aromatic heterocycles. The van der Waals surface area contributed by atoms with Crippen molar-refractivity contribution in [3.63, 3.8) is 0 Å². The molecule has 17 heavy (non-hydrogen) atoms. The number of methoxy groups -OCH3 is 1. The Balaban J connectivity index is 2.53. The molecule has 1 unspecified atom stereocenters. The predicted molar refractivity (Wildman–Crippen MR) is 60.6 cm³/mol. The first-order valence-electron chi connectivity index (χ1n) is 5.51. The highest BCUT2D eigenvalue weighted by molar-refractivity contribution is 5.75. The summed E-state index contributed by atoms with van der Waals surface area (Å²) >= 11 is 0. The summed E-state index contributed by atoms with van der Waals surface area (Å²) in [4.78, 5) is 11.0. The molecule has 0 saturated heterocycles. The van der Waals surface area contributed by atoms with E-state index in [2.05, 4.69) is 4.74 Å². The van der Waals surface area contributed by atoms with Crippen molar-refractivity contribution in [2.24, 2.45) is 5.73 Å². The van der Waals surface area contributed by atoms with E-state index in [1.54, 1.807) is 12.2 Å². The molecule has 0 aromatic rings. The van der Waals surface area contributed by atoms with Gasteiger partial charge in [0.15, 0.2) is 0 Å². The molecule has 1 aliphatic rings. The van der Waals surface area contributed by atoms with E-state index in [1.807, 2.05) is 6.08 Å². The minimum Gasteiger partial charge on any atom is -0.468 e. The summed E-state index contributed by atoms with van der Waals surface area (Å²) in [5, 5.41) is 0. The summed E-state index contributed by atoms with van der Waals surface area (Å²) in [6, 6.07) is -1.27. The van der Waals surface area contributed by atoms with Crippen LogP contribution >= 0.6 is 0 Å². The summed E-state index contributed by atoms with van der Waals surface area (Å²) in [7, 11) is 1.13. The van der Waals surface area contributed by atoms with Crippen molar-refractivity contribution in [1.29, 1.82) is 0 Å². The Labute approximate surface area is 99.3 Å². The van der Waals surface area contributed by atoms with Crippen LogP contribution < -0.4 is 5.73 Å². The van der Waals surface area contributed by atoms with Crippen molar-refractivity contribution in [1.82, 2.24) is 0 Å². The van der Waals surface area contributed by atoms with Crippen molar-refractivity contribution < 1.29 is 18.3 Å². The quantitative estimate of drug-likeness (QED) is 0.755. The van der Waals surface area contributed by atoms with Crippen molar-refractivity contribution in [3.8, 4) is 0 Å². The number of esters is 1. The Morgan fingerprint density at radius 1 is 1.59 bits per heavy atom. The summed E-state index contributed by atoms with van der Waals surface area (Å²) in [5.74, 6) is -3.79. The molecule has 3 nitrogen and oxygen atoms in total. The molecule has 0 radical (unpaired) electrons. The van der Waals surface area contributed by atoms with Gasteiger partial charge in [0.05, 0.1) is 7.11 Å². The Morgan fingerprint density at radius 2 is 2.29 bits per heavy atom. The number of rotatable bonds is 5. The van der Waals surface area contributed by atoms with Gasteiger partial charge in [-0.15, -0.1) is 0 Å². The smallest absolute Gasteiger partial charge is 0.322 e. The summed E-state index contributed by atoms with van der Waals surface area (Å²) in [6.07, 6.45) is 5.95. The van der Waals surface area contributed by atoms with Gasteiger partial charge in [0.1, 0.15) is 6.04 Å². The molecule has 0 aromatic carbocycles. The lowest BCUT2D eigenvalue weighted by molar-refractivity contribution is -0.144. The normalized spacial score (nSPS) is 17.5. The number of carbonyl (C=O) groups excluding carboxylic acids is 1. The second-order valence-electron chi connectivity index (χ2n) is 4.13. The van der Waals surface area contributed by atoms with E-state index in [9.17, 15) is 13.6 Å². The van der Waals surface area contributed by atoms with E-state index in [-0.39, 0.29) is 6.42 Å². The van der Waals surface area contributed by atoms with Crippen LogP contribution in [0, 0.1) is 0 Å². The second kappa shape index (κ2) is 5.91. The van der Waals surface area contributed by atoms with Crippen LogP contribution in [0.1, 0.15) is 25.7 Å². The van der Waals surface area contributed by atoms with Crippen LogP contribution in [-0.2, 0) is 9.53 Å². The molecular weight excluding hydrogens is 228 g/mol. The van der Waals surface area contributed by atoms with Gasteiger partial charge in [-0.25, -0.2) is 8.78 Å². The largest absolute Gasteiger partial charge is 0.468 e. The van der Waals surface area contributed by atoms with Gasteiger partial charge in [-0.3, -0.25) is 4.79 Å². The maximum Gasteiger partial charge on any atom is 0.322 e. The van der Waals surface area contributed by atoms with Gasteiger partial charge in [0, 0.05) is 12.8 Å². The van der Waals surface area contributed by atoms with Crippen molar-refractivity contribution in [2.75, 3.05) is 7.11 Å². The maximum atomic E-state index is 13.6. The fourth-order valence-electron chi connectivity index (χ4n) is 1.73. The zero-order valence-corrected chi connectivity index (χ0v) is 9.79. The van der Waals surface area contributed by atoms with E-state index < -0.39 is 24.4 Å². The van der Waals surface area contributed by atoms with E-state index in [0.29, 0.717) is 5.57 Å². The SMILES string of the molecule is COC(=O)C(N)CC(F)(F)CC1=CCCC=C1. The minimum absolute atomic E-state index is 0.381. The molecule has 1 atom stereocenters. The van der Waals surface area contributed by atoms with E-state index in [0.717, 1.165) is 20.0 Å². The predicted octanol–water partition coefficient (Wildman–Crippen LogP) is 2.18. The van der Waals surface area contributed by atoms with Crippen LogP contribution in [0.4, 0.5) is 8.78 Å². The van der Waals surface area contributed by atoms with Gasteiger partial charge in [0.25, 0.3) is 5.92 Å². The number of halogens is 2. The van der Waals surface area contributed by atoms with Gasteiger partial charge in [-0.2, -0.15) is 0 Å². The van der Waals surface area contributed by atoms with Gasteiger partial charge in [-0.1, -0.05) is 18.2 Å². The number of allylic oxidation sites excluding steroid dienone is 4. The third-order valence-corrected chi connectivity index (χ3v) is 2.56. The third-order valence-electron chi connectivity index (χ3n) is 2.56. The molecule has 1 aliphatic carbocycles. The second-order valence-corrected chi connectivity index (χ2v) is 4.13. The van der Waals surface area contributed by atoms with Gasteiger partial charge in [-0.05, 0) is 18.4 Å². The zero-order valence-electron chi connectivity index (χ0n) is 9.79. The summed E-state index contributed by atoms with van der Waals surface area (Å²) in [6.45, 7) is 0. The first-order valence-corrected chi connectivity index (χ1v) is 5.51. The molecule has 2 N–H and O–H groups in total. The van der Waals surface area contributed by atoms with Crippen LogP contribution in [0.3, 0.4) is 0 Å². The number of ether oxygens (including phenoxy) is 1. The van der Waals surface area contributed by atoms with Gasteiger partial charge < -0.3 is 10.5 Å². The standard InChI is InChI=1S/C12H17F2NO2/c1-17-11(16)10(15)8-12(13,14)7-9-5-3-2-4-6-9/h3,5-6,10H,2,4,7-8,15H2,1H3. The number of nitrogens with two attached hydrogens (primary N) is 1. The Bertz CT molecular complexity index is 337. The fraction of sp³-hybridized carbons (Fsp3) is 0.583. The number of hydrogen-bond acceptors (Lipinski definition) is 3. The lowest BCUT2D eigenvalue weighted by atomic mass is 9.97. The highest BCUT2D eigenvalue weighted by Crippen LogP contribution is 2.30. The van der Waals surface area contributed by atoms with Crippen molar-refractivity contribution in [2.45, 2.75) is 37.6 Å². The van der Waals surface area contributed by atoms with Crippen LogP contribution in [0.15, 0.2) is 23.8 Å². The average Bonchev–Trinajstić information content (AvgIpc) is 2.27. The first kappa shape index (κ1) is 13.8. The third kappa shape index (κ3) is 4.65. The van der Waals surface area contributed by atoms with Crippen LogP contribution in [0.25, 0.3) is 0 Å². The lowest BCUT2D eigenvalue weighted by Crippen LogP contribution is -2.37. The lowest BCUT2D eigenvalue weighted by Gasteiger charge is -2.20. The molecule has 0 saturated carbocycles. The molecule has 1 rings (SSSR count). The minimum atomic E-state index is -2.99. The van der Waals surface area contributed by atoms with Crippen LogP contribution in [0.2, 0.25) is 0 Å². The van der Waals surface area contributed by atoms with E-state index >= 15 is 0 Å². The molecule has 5 heteroatoms. The molecule has 0 amide bonds. The number of alkyl halides is 2. The van der Waals surface area contributed by atoms with Gasteiger partial charge >= 0.3 is 5.97 Å². The molecule has 0 heterocycles. The Kier molecular flexibility index (Phi) is 4.81. The van der Waals surface area contributed by atoms with Gasteiger partial charge in [0.2, 0.25) is 0 Å². The number of hydrogen-bond donors (Lipinski definition) is 1. The monoisotopic (exact) mass is 245 g/mol. The summed E-state index contributed by atoms with van der Waals surface area (Å²) in [5.41, 5.74) is 5.92. The van der Waals surface area contributed by atoms with Crippen LogP contribution in [0.5, 0.6) is 0 Å². The fourth-order valence-corrected chi connectivity index (χ4v) is 1.73. The van der Waals surface area contributed by atoms with E-state index in [1.165, 1.54) is 0 Å². The maximum absolute atomic E-state index is 13.6.